The fraction of sp³-hybridized carbons (Fsp3) is 0.750. The van der Waals surface area contributed by atoms with Crippen molar-refractivity contribution < 1.29 is 8.42 Å². The molecule has 1 aliphatic rings. The first-order valence-corrected chi connectivity index (χ1v) is 8.04. The fourth-order valence-electron chi connectivity index (χ4n) is 2.50. The molecule has 2 rings (SSSR count). The Hall–Kier alpha value is -0.920. The lowest BCUT2D eigenvalue weighted by Crippen LogP contribution is -2.34. The number of hydrogen-bond acceptors (Lipinski definition) is 4. The summed E-state index contributed by atoms with van der Waals surface area (Å²) in [4.78, 5) is 2.62. The Kier molecular flexibility index (Phi) is 4.27. The maximum Gasteiger partial charge on any atom is 0.245 e. The third-order valence-electron chi connectivity index (χ3n) is 3.74. The Balaban J connectivity index is 1.97. The molecule has 0 aliphatic carbocycles. The highest BCUT2D eigenvalue weighted by Gasteiger charge is 2.29. The summed E-state index contributed by atoms with van der Waals surface area (Å²) in [6.07, 6.45) is 3.82. The van der Waals surface area contributed by atoms with E-state index in [0.29, 0.717) is 18.5 Å². The number of H-pyrrole nitrogens is 1. The van der Waals surface area contributed by atoms with Crippen LogP contribution in [0.4, 0.5) is 0 Å². The van der Waals surface area contributed by atoms with Crippen LogP contribution in [0.3, 0.4) is 0 Å². The molecular weight excluding hydrogens is 264 g/mol. The van der Waals surface area contributed by atoms with Crippen molar-refractivity contribution in [2.24, 2.45) is 5.92 Å². The van der Waals surface area contributed by atoms with Crippen LogP contribution in [0.2, 0.25) is 0 Å². The first-order valence-electron chi connectivity index (χ1n) is 6.60. The first-order chi connectivity index (χ1) is 8.91. The third kappa shape index (κ3) is 3.16. The highest BCUT2D eigenvalue weighted by Crippen LogP contribution is 2.21. The average Bonchev–Trinajstić information content (AvgIpc) is 2.99. The molecule has 0 spiro atoms. The minimum absolute atomic E-state index is 0.230. The van der Waals surface area contributed by atoms with Crippen molar-refractivity contribution in [3.8, 4) is 0 Å². The zero-order chi connectivity index (χ0) is 14.0. The first kappa shape index (κ1) is 14.5. The average molecular weight is 286 g/mol. The molecule has 0 radical (unpaired) electrons. The Labute approximate surface area is 114 Å². The number of hydrogen-bond donors (Lipinski definition) is 1. The molecule has 6 nitrogen and oxygen atoms in total. The van der Waals surface area contributed by atoms with E-state index >= 15 is 0 Å². The van der Waals surface area contributed by atoms with Crippen molar-refractivity contribution >= 4 is 10.0 Å². The van der Waals surface area contributed by atoms with E-state index in [0.717, 1.165) is 19.5 Å². The van der Waals surface area contributed by atoms with E-state index in [2.05, 4.69) is 28.9 Å². The summed E-state index contributed by atoms with van der Waals surface area (Å²) in [5.74, 6) is 0.411. The largest absolute Gasteiger partial charge is 0.301 e. The number of rotatable bonds is 5. The topological polar surface area (TPSA) is 69.3 Å². The lowest BCUT2D eigenvalue weighted by atomic mass is 10.1. The molecule has 1 aliphatic heterocycles. The lowest BCUT2D eigenvalue weighted by Gasteiger charge is -2.22. The van der Waals surface area contributed by atoms with E-state index in [9.17, 15) is 8.42 Å². The van der Waals surface area contributed by atoms with Crippen molar-refractivity contribution in [3.05, 3.63) is 12.4 Å². The summed E-state index contributed by atoms with van der Waals surface area (Å²) in [5.41, 5.74) is 0. The normalized spacial score (nSPS) is 21.6. The van der Waals surface area contributed by atoms with Crippen LogP contribution in [-0.2, 0) is 10.0 Å². The molecule has 1 atom stereocenters. The molecule has 1 aromatic heterocycles. The van der Waals surface area contributed by atoms with Gasteiger partial charge in [0.05, 0.1) is 6.20 Å². The molecule has 1 saturated heterocycles. The smallest absolute Gasteiger partial charge is 0.245 e. The predicted molar refractivity (Wildman–Crippen MR) is 73.2 cm³/mol. The van der Waals surface area contributed by atoms with Crippen LogP contribution >= 0.6 is 0 Å². The molecule has 0 amide bonds. The molecule has 0 bridgehead atoms. The molecule has 1 N–H and O–H groups in total. The second-order valence-electron chi connectivity index (χ2n) is 5.46. The Morgan fingerprint density at radius 3 is 2.84 bits per heavy atom. The van der Waals surface area contributed by atoms with Crippen LogP contribution < -0.4 is 0 Å². The molecule has 0 unspecified atom stereocenters. The molecule has 19 heavy (non-hydrogen) atoms. The van der Waals surface area contributed by atoms with E-state index < -0.39 is 10.0 Å². The van der Waals surface area contributed by atoms with Gasteiger partial charge in [0.1, 0.15) is 4.90 Å². The van der Waals surface area contributed by atoms with E-state index in [4.69, 9.17) is 0 Å². The monoisotopic (exact) mass is 286 g/mol. The van der Waals surface area contributed by atoms with Crippen molar-refractivity contribution in [1.82, 2.24) is 19.4 Å². The number of nitrogens with zero attached hydrogens (tertiary/aromatic N) is 3. The number of nitrogens with one attached hydrogen (secondary N) is 1. The summed E-state index contributed by atoms with van der Waals surface area (Å²) in [6.45, 7) is 6.95. The van der Waals surface area contributed by atoms with Gasteiger partial charge < -0.3 is 4.90 Å². The van der Waals surface area contributed by atoms with Gasteiger partial charge in [-0.3, -0.25) is 5.10 Å². The molecule has 108 valence electrons. The van der Waals surface area contributed by atoms with Crippen molar-refractivity contribution in [2.45, 2.75) is 31.2 Å². The lowest BCUT2D eigenvalue weighted by molar-refractivity contribution is 0.259. The number of sulfonamides is 1. The molecule has 0 saturated carbocycles. The van der Waals surface area contributed by atoms with Gasteiger partial charge in [0, 0.05) is 32.4 Å². The molecule has 2 heterocycles. The van der Waals surface area contributed by atoms with Crippen LogP contribution in [0.5, 0.6) is 0 Å². The summed E-state index contributed by atoms with van der Waals surface area (Å²) in [5, 5.41) is 6.24. The zero-order valence-electron chi connectivity index (χ0n) is 11.7. The van der Waals surface area contributed by atoms with Gasteiger partial charge in [-0.25, -0.2) is 12.7 Å². The van der Waals surface area contributed by atoms with Crippen LogP contribution in [0.15, 0.2) is 17.3 Å². The van der Waals surface area contributed by atoms with Gasteiger partial charge in [0.25, 0.3) is 0 Å². The Bertz CT molecular complexity index is 498. The predicted octanol–water partition coefficient (Wildman–Crippen LogP) is 0.761. The Morgan fingerprint density at radius 1 is 1.58 bits per heavy atom. The maximum absolute atomic E-state index is 12.2. The quantitative estimate of drug-likeness (QED) is 0.867. The highest BCUT2D eigenvalue weighted by molar-refractivity contribution is 7.89. The zero-order valence-corrected chi connectivity index (χ0v) is 12.5. The van der Waals surface area contributed by atoms with Crippen molar-refractivity contribution in [1.29, 1.82) is 0 Å². The van der Waals surface area contributed by atoms with Gasteiger partial charge in [0.2, 0.25) is 10.0 Å². The van der Waals surface area contributed by atoms with Gasteiger partial charge >= 0.3 is 0 Å². The van der Waals surface area contributed by atoms with E-state index in [1.165, 1.54) is 16.7 Å². The summed E-state index contributed by atoms with van der Waals surface area (Å²) < 4.78 is 25.9. The van der Waals surface area contributed by atoms with E-state index in [-0.39, 0.29) is 4.90 Å². The second kappa shape index (κ2) is 5.60. The van der Waals surface area contributed by atoms with E-state index in [1.54, 1.807) is 7.05 Å². The van der Waals surface area contributed by atoms with Crippen LogP contribution in [0.25, 0.3) is 0 Å². The molecule has 1 fully saturated rings. The van der Waals surface area contributed by atoms with Gasteiger partial charge in [-0.1, -0.05) is 0 Å². The SMILES string of the molecule is CC(C)N1CC[C@@H](CN(C)S(=O)(=O)c2cn[nH]c2)C1. The third-order valence-corrected chi connectivity index (χ3v) is 5.53. The van der Waals surface area contributed by atoms with Gasteiger partial charge in [0.15, 0.2) is 0 Å². The second-order valence-corrected chi connectivity index (χ2v) is 7.51. The van der Waals surface area contributed by atoms with E-state index in [1.807, 2.05) is 0 Å². The summed E-state index contributed by atoms with van der Waals surface area (Å²) in [6, 6.07) is 0.529. The van der Waals surface area contributed by atoms with Gasteiger partial charge in [-0.15, -0.1) is 0 Å². The summed E-state index contributed by atoms with van der Waals surface area (Å²) in [7, 11) is -1.76. The van der Waals surface area contributed by atoms with Crippen molar-refractivity contribution in [3.63, 3.8) is 0 Å². The van der Waals surface area contributed by atoms with Gasteiger partial charge in [-0.2, -0.15) is 5.10 Å². The molecule has 7 heteroatoms. The number of aromatic amines is 1. The molecule has 1 aromatic rings. The molecular formula is C12H22N4O2S. The Morgan fingerprint density at radius 2 is 2.32 bits per heavy atom. The minimum Gasteiger partial charge on any atom is -0.301 e. The van der Waals surface area contributed by atoms with Gasteiger partial charge in [-0.05, 0) is 32.7 Å². The highest BCUT2D eigenvalue weighted by atomic mass is 32.2. The fourth-order valence-corrected chi connectivity index (χ4v) is 3.66. The van der Waals surface area contributed by atoms with Crippen LogP contribution in [0.1, 0.15) is 20.3 Å². The minimum atomic E-state index is -3.40. The van der Waals surface area contributed by atoms with Crippen LogP contribution in [0, 0.1) is 5.92 Å². The summed E-state index contributed by atoms with van der Waals surface area (Å²) >= 11 is 0. The standard InChI is InChI=1S/C12H22N4O2S/c1-10(2)16-5-4-11(9-16)8-15(3)19(17,18)12-6-13-14-7-12/h6-7,10-11H,4-5,8-9H2,1-3H3,(H,13,14)/t11-/m0/s1. The molecule has 0 aromatic carbocycles. The van der Waals surface area contributed by atoms with Crippen LogP contribution in [-0.4, -0.2) is 60.5 Å². The maximum atomic E-state index is 12.2. The number of likely N-dealkylation sites (tertiary alicyclic amines) is 1. The van der Waals surface area contributed by atoms with Crippen molar-refractivity contribution in [2.75, 3.05) is 26.7 Å². The number of aromatic nitrogens is 2.